The number of anilines is 2. The predicted octanol–water partition coefficient (Wildman–Crippen LogP) is 2.76. The zero-order valence-electron chi connectivity index (χ0n) is 11.7. The molecule has 0 unspecified atom stereocenters. The summed E-state index contributed by atoms with van der Waals surface area (Å²) in [4.78, 5) is 15.8. The van der Waals surface area contributed by atoms with Gasteiger partial charge in [-0.15, -0.1) is 0 Å². The number of halogens is 1. The summed E-state index contributed by atoms with van der Waals surface area (Å²) in [7, 11) is 0. The maximum absolute atomic E-state index is 13.0. The number of aryl methyl sites for hydroxylation is 1. The van der Waals surface area contributed by atoms with E-state index in [4.69, 9.17) is 0 Å². The van der Waals surface area contributed by atoms with E-state index in [2.05, 4.69) is 20.9 Å². The molecule has 0 bridgehead atoms. The van der Waals surface area contributed by atoms with Gasteiger partial charge in [-0.3, -0.25) is 0 Å². The summed E-state index contributed by atoms with van der Waals surface area (Å²) >= 11 is 0. The maximum atomic E-state index is 13.0. The van der Waals surface area contributed by atoms with Crippen molar-refractivity contribution in [1.82, 2.24) is 10.3 Å². The molecule has 0 saturated carbocycles. The molecule has 1 heterocycles. The van der Waals surface area contributed by atoms with Crippen LogP contribution in [0.2, 0.25) is 0 Å². The average molecular weight is 288 g/mol. The third-order valence-corrected chi connectivity index (χ3v) is 2.82. The highest BCUT2D eigenvalue weighted by Crippen LogP contribution is 2.15. The normalized spacial score (nSPS) is 10.0. The zero-order valence-corrected chi connectivity index (χ0v) is 11.7. The van der Waals surface area contributed by atoms with Gasteiger partial charge in [0, 0.05) is 25.0 Å². The molecule has 1 aromatic heterocycles. The summed E-state index contributed by atoms with van der Waals surface area (Å²) in [6, 6.07) is 9.46. The Balaban J connectivity index is 1.72. The number of pyridine rings is 1. The number of urea groups is 1. The molecule has 0 aliphatic carbocycles. The van der Waals surface area contributed by atoms with E-state index in [-0.39, 0.29) is 11.8 Å². The molecule has 0 fully saturated rings. The number of aromatic nitrogens is 1. The van der Waals surface area contributed by atoms with Crippen molar-refractivity contribution in [2.45, 2.75) is 6.92 Å². The fourth-order valence-electron chi connectivity index (χ4n) is 1.77. The fraction of sp³-hybridized carbons (Fsp3) is 0.200. The van der Waals surface area contributed by atoms with Gasteiger partial charge in [0.2, 0.25) is 0 Å². The molecular formula is C15H17FN4O. The Labute approximate surface area is 122 Å². The lowest BCUT2D eigenvalue weighted by Crippen LogP contribution is -2.32. The molecule has 21 heavy (non-hydrogen) atoms. The van der Waals surface area contributed by atoms with Crippen molar-refractivity contribution in [3.8, 4) is 0 Å². The first-order chi connectivity index (χ1) is 10.1. The maximum Gasteiger partial charge on any atom is 0.319 e. The number of hydrogen-bond donors (Lipinski definition) is 3. The smallest absolute Gasteiger partial charge is 0.319 e. The molecule has 6 heteroatoms. The van der Waals surface area contributed by atoms with Crippen LogP contribution in [0.1, 0.15) is 5.56 Å². The van der Waals surface area contributed by atoms with Gasteiger partial charge in [-0.05, 0) is 42.8 Å². The van der Waals surface area contributed by atoms with E-state index < -0.39 is 0 Å². The number of carbonyl (C=O) groups is 1. The quantitative estimate of drug-likeness (QED) is 0.741. The van der Waals surface area contributed by atoms with Crippen molar-refractivity contribution >= 4 is 17.5 Å². The second kappa shape index (κ2) is 7.23. The van der Waals surface area contributed by atoms with E-state index in [1.807, 2.05) is 18.2 Å². The van der Waals surface area contributed by atoms with Gasteiger partial charge >= 0.3 is 6.03 Å². The predicted molar refractivity (Wildman–Crippen MR) is 80.9 cm³/mol. The molecule has 0 aliphatic heterocycles. The third kappa shape index (κ3) is 4.76. The van der Waals surface area contributed by atoms with E-state index in [9.17, 15) is 9.18 Å². The SMILES string of the molecule is Cc1cc(F)ccc1NC(=O)NCCNc1ccccn1. The van der Waals surface area contributed by atoms with E-state index in [1.165, 1.54) is 18.2 Å². The fourth-order valence-corrected chi connectivity index (χ4v) is 1.77. The number of benzene rings is 1. The van der Waals surface area contributed by atoms with Crippen LogP contribution in [-0.4, -0.2) is 24.1 Å². The Hall–Kier alpha value is -2.63. The summed E-state index contributed by atoms with van der Waals surface area (Å²) in [6.45, 7) is 2.75. The summed E-state index contributed by atoms with van der Waals surface area (Å²) in [5.74, 6) is 0.437. The second-order valence-electron chi connectivity index (χ2n) is 4.48. The standard InChI is InChI=1S/C15H17FN4O/c1-11-10-12(16)5-6-13(11)20-15(21)19-9-8-18-14-4-2-3-7-17-14/h2-7,10H,8-9H2,1H3,(H,17,18)(H2,19,20,21). The van der Waals surface area contributed by atoms with Crippen LogP contribution < -0.4 is 16.0 Å². The molecule has 3 N–H and O–H groups in total. The molecule has 1 aromatic carbocycles. The van der Waals surface area contributed by atoms with Crippen LogP contribution >= 0.6 is 0 Å². The topological polar surface area (TPSA) is 66.1 Å². The Morgan fingerprint density at radius 2 is 2.10 bits per heavy atom. The van der Waals surface area contributed by atoms with Gasteiger partial charge < -0.3 is 16.0 Å². The number of nitrogens with one attached hydrogen (secondary N) is 3. The largest absolute Gasteiger partial charge is 0.368 e. The highest BCUT2D eigenvalue weighted by Gasteiger charge is 2.04. The average Bonchev–Trinajstić information content (AvgIpc) is 2.48. The molecule has 2 rings (SSSR count). The zero-order chi connectivity index (χ0) is 15.1. The van der Waals surface area contributed by atoms with Gasteiger partial charge in [-0.1, -0.05) is 6.07 Å². The van der Waals surface area contributed by atoms with Gasteiger partial charge in [0.1, 0.15) is 11.6 Å². The van der Waals surface area contributed by atoms with Gasteiger partial charge in [0.05, 0.1) is 0 Å². The highest BCUT2D eigenvalue weighted by atomic mass is 19.1. The second-order valence-corrected chi connectivity index (χ2v) is 4.48. The van der Waals surface area contributed by atoms with E-state index in [0.717, 1.165) is 5.82 Å². The molecule has 110 valence electrons. The minimum absolute atomic E-state index is 0.321. The van der Waals surface area contributed by atoms with Crippen molar-refractivity contribution in [3.63, 3.8) is 0 Å². The number of carbonyl (C=O) groups excluding carboxylic acids is 1. The third-order valence-electron chi connectivity index (χ3n) is 2.82. The van der Waals surface area contributed by atoms with E-state index >= 15 is 0 Å². The molecule has 5 nitrogen and oxygen atoms in total. The van der Waals surface area contributed by atoms with Crippen molar-refractivity contribution in [3.05, 3.63) is 54.0 Å². The van der Waals surface area contributed by atoms with Crippen LogP contribution in [0.5, 0.6) is 0 Å². The number of hydrogen-bond acceptors (Lipinski definition) is 3. The van der Waals surface area contributed by atoms with Crippen LogP contribution in [0.15, 0.2) is 42.6 Å². The molecule has 0 spiro atoms. The Bertz CT molecular complexity index is 604. The van der Waals surface area contributed by atoms with Crippen LogP contribution in [-0.2, 0) is 0 Å². The van der Waals surface area contributed by atoms with Gasteiger partial charge in [-0.25, -0.2) is 14.2 Å². The first-order valence-corrected chi connectivity index (χ1v) is 6.61. The van der Waals surface area contributed by atoms with Crippen molar-refractivity contribution in [2.24, 2.45) is 0 Å². The molecule has 0 aliphatic rings. The lowest BCUT2D eigenvalue weighted by Gasteiger charge is -2.10. The Morgan fingerprint density at radius 1 is 1.24 bits per heavy atom. The van der Waals surface area contributed by atoms with Crippen molar-refractivity contribution in [1.29, 1.82) is 0 Å². The minimum Gasteiger partial charge on any atom is -0.368 e. The van der Waals surface area contributed by atoms with E-state index in [1.54, 1.807) is 13.1 Å². The highest BCUT2D eigenvalue weighted by molar-refractivity contribution is 5.90. The summed E-state index contributed by atoms with van der Waals surface area (Å²) in [6.07, 6.45) is 1.69. The molecule has 0 radical (unpaired) electrons. The van der Waals surface area contributed by atoms with Gasteiger partial charge in [-0.2, -0.15) is 0 Å². The van der Waals surface area contributed by atoms with Crippen LogP contribution in [0, 0.1) is 12.7 Å². The van der Waals surface area contributed by atoms with Crippen molar-refractivity contribution in [2.75, 3.05) is 23.7 Å². The van der Waals surface area contributed by atoms with Gasteiger partial charge in [0.25, 0.3) is 0 Å². The van der Waals surface area contributed by atoms with Crippen molar-refractivity contribution < 1.29 is 9.18 Å². The molecule has 2 aromatic rings. The number of amides is 2. The minimum atomic E-state index is -0.326. The summed E-state index contributed by atoms with van der Waals surface area (Å²) in [5, 5.41) is 8.46. The number of rotatable bonds is 5. The van der Waals surface area contributed by atoms with Crippen LogP contribution in [0.4, 0.5) is 20.7 Å². The molecule has 0 saturated heterocycles. The number of nitrogens with zero attached hydrogens (tertiary/aromatic N) is 1. The summed E-state index contributed by atoms with van der Waals surface area (Å²) < 4.78 is 13.0. The first kappa shape index (κ1) is 14.8. The Morgan fingerprint density at radius 3 is 2.81 bits per heavy atom. The lowest BCUT2D eigenvalue weighted by atomic mass is 10.2. The first-order valence-electron chi connectivity index (χ1n) is 6.61. The van der Waals surface area contributed by atoms with E-state index in [0.29, 0.717) is 24.3 Å². The van der Waals surface area contributed by atoms with Crippen LogP contribution in [0.3, 0.4) is 0 Å². The van der Waals surface area contributed by atoms with Gasteiger partial charge in [0.15, 0.2) is 0 Å². The Kier molecular flexibility index (Phi) is 5.09. The lowest BCUT2D eigenvalue weighted by molar-refractivity contribution is 0.252. The van der Waals surface area contributed by atoms with Crippen LogP contribution in [0.25, 0.3) is 0 Å². The molecular weight excluding hydrogens is 271 g/mol. The monoisotopic (exact) mass is 288 g/mol. The summed E-state index contributed by atoms with van der Waals surface area (Å²) in [5.41, 5.74) is 1.27. The molecule has 2 amide bonds. The molecule has 0 atom stereocenters.